The molecule has 0 aromatic rings. The second kappa shape index (κ2) is 5.64. The van der Waals surface area contributed by atoms with E-state index in [1.165, 1.54) is 0 Å². The van der Waals surface area contributed by atoms with E-state index in [0.29, 0.717) is 19.4 Å². The van der Waals surface area contributed by atoms with Gasteiger partial charge in [-0.15, -0.1) is 0 Å². The highest BCUT2D eigenvalue weighted by atomic mass is 79.9. The van der Waals surface area contributed by atoms with Gasteiger partial charge in [-0.05, 0) is 19.8 Å². The number of hydrogen-bond acceptors (Lipinski definition) is 3. The number of ether oxygens (including phenoxy) is 1. The minimum Gasteiger partial charge on any atom is -0.465 e. The summed E-state index contributed by atoms with van der Waals surface area (Å²) in [6.45, 7) is 2.07. The summed E-state index contributed by atoms with van der Waals surface area (Å²) in [6, 6.07) is 0. The maximum atomic E-state index is 11.9. The molecular weight excluding hydrogens is 260 g/mol. The van der Waals surface area contributed by atoms with Crippen LogP contribution in [-0.2, 0) is 14.3 Å². The summed E-state index contributed by atoms with van der Waals surface area (Å²) >= 11 is 3.29. The van der Waals surface area contributed by atoms with E-state index >= 15 is 0 Å². The van der Waals surface area contributed by atoms with Crippen LogP contribution in [0.25, 0.3) is 0 Å². The van der Waals surface area contributed by atoms with Crippen LogP contribution < -0.4 is 0 Å². The van der Waals surface area contributed by atoms with Crippen LogP contribution >= 0.6 is 15.9 Å². The minimum absolute atomic E-state index is 0.0272. The lowest BCUT2D eigenvalue weighted by atomic mass is 9.90. The van der Waals surface area contributed by atoms with Gasteiger partial charge in [0.2, 0.25) is 0 Å². The summed E-state index contributed by atoms with van der Waals surface area (Å²) in [5, 5.41) is 0. The van der Waals surface area contributed by atoms with Crippen LogP contribution in [0.15, 0.2) is 0 Å². The molecule has 1 aliphatic rings. The van der Waals surface area contributed by atoms with Gasteiger partial charge >= 0.3 is 5.97 Å². The van der Waals surface area contributed by atoms with Gasteiger partial charge in [-0.25, -0.2) is 0 Å². The average Bonchev–Trinajstić information content (AvgIpc) is 2.20. The number of halogens is 1. The van der Waals surface area contributed by atoms with Gasteiger partial charge in [0.05, 0.1) is 6.61 Å². The van der Waals surface area contributed by atoms with Crippen molar-refractivity contribution in [2.24, 2.45) is 0 Å². The van der Waals surface area contributed by atoms with Crippen LogP contribution in [0.3, 0.4) is 0 Å². The molecule has 0 radical (unpaired) electrons. The molecule has 0 aromatic carbocycles. The zero-order valence-electron chi connectivity index (χ0n) is 9.05. The molecule has 0 aliphatic heterocycles. The molecule has 0 N–H and O–H groups in total. The third-order valence-corrected chi connectivity index (χ3v) is 3.88. The highest BCUT2D eigenvalue weighted by Gasteiger charge is 2.43. The van der Waals surface area contributed by atoms with E-state index in [2.05, 4.69) is 15.9 Å². The quantitative estimate of drug-likeness (QED) is 0.442. The van der Waals surface area contributed by atoms with Crippen molar-refractivity contribution in [3.8, 4) is 0 Å². The van der Waals surface area contributed by atoms with Gasteiger partial charge in [-0.3, -0.25) is 9.59 Å². The molecule has 0 unspecified atom stereocenters. The third kappa shape index (κ3) is 3.03. The number of esters is 1. The first kappa shape index (κ1) is 12.7. The number of Topliss-reactive ketones (excluding diaryl/α,β-unsaturated/α-hetero) is 1. The van der Waals surface area contributed by atoms with Gasteiger partial charge in [-0.1, -0.05) is 35.2 Å². The predicted octanol–water partition coefficient (Wildman–Crippen LogP) is 2.61. The maximum absolute atomic E-state index is 11.9. The summed E-state index contributed by atoms with van der Waals surface area (Å²) in [5.41, 5.74) is 0. The summed E-state index contributed by atoms with van der Waals surface area (Å²) in [4.78, 5) is 23.6. The molecule has 1 saturated carbocycles. The molecule has 0 spiro atoms. The first-order chi connectivity index (χ1) is 7.11. The highest BCUT2D eigenvalue weighted by molar-refractivity contribution is 9.10. The van der Waals surface area contributed by atoms with Crippen molar-refractivity contribution in [2.45, 2.75) is 49.8 Å². The van der Waals surface area contributed by atoms with Gasteiger partial charge in [0.1, 0.15) is 0 Å². The Morgan fingerprint density at radius 1 is 1.40 bits per heavy atom. The average molecular weight is 277 g/mol. The van der Waals surface area contributed by atoms with Crippen molar-refractivity contribution in [3.05, 3.63) is 0 Å². The standard InChI is InChI=1S/C11H17BrO3/c1-2-15-10(14)11(12)8-6-4-3-5-7-9(11)13/h2-8H2,1H3/t11-/m1/s1. The molecule has 4 heteroatoms. The van der Waals surface area contributed by atoms with E-state index in [1.54, 1.807) is 6.92 Å². The maximum Gasteiger partial charge on any atom is 0.330 e. The van der Waals surface area contributed by atoms with E-state index in [4.69, 9.17) is 4.74 Å². The van der Waals surface area contributed by atoms with E-state index in [-0.39, 0.29) is 5.78 Å². The fraction of sp³-hybridized carbons (Fsp3) is 0.818. The highest BCUT2D eigenvalue weighted by Crippen LogP contribution is 2.32. The summed E-state index contributed by atoms with van der Waals surface area (Å²) in [7, 11) is 0. The van der Waals surface area contributed by atoms with E-state index in [0.717, 1.165) is 25.7 Å². The van der Waals surface area contributed by atoms with E-state index in [9.17, 15) is 9.59 Å². The van der Waals surface area contributed by atoms with Gasteiger partial charge in [-0.2, -0.15) is 0 Å². The number of carbonyl (C=O) groups is 2. The molecule has 15 heavy (non-hydrogen) atoms. The van der Waals surface area contributed by atoms with Crippen molar-refractivity contribution in [1.29, 1.82) is 0 Å². The summed E-state index contributed by atoms with van der Waals surface area (Å²) < 4.78 is 3.88. The Morgan fingerprint density at radius 3 is 2.73 bits per heavy atom. The Labute approximate surface area is 98.7 Å². The minimum atomic E-state index is -1.07. The SMILES string of the molecule is CCOC(=O)[C@@]1(Br)CCCCCCC1=O. The molecule has 1 rings (SSSR count). The van der Waals surface area contributed by atoms with Crippen molar-refractivity contribution >= 4 is 27.7 Å². The van der Waals surface area contributed by atoms with Crippen LogP contribution in [0.1, 0.15) is 45.4 Å². The summed E-state index contributed by atoms with van der Waals surface area (Å²) in [5.74, 6) is -0.447. The molecule has 0 saturated heterocycles. The van der Waals surface area contributed by atoms with Crippen LogP contribution in [0.4, 0.5) is 0 Å². The monoisotopic (exact) mass is 276 g/mol. The Balaban J connectivity index is 2.75. The topological polar surface area (TPSA) is 43.4 Å². The predicted molar refractivity (Wildman–Crippen MR) is 61.0 cm³/mol. The molecule has 0 heterocycles. The van der Waals surface area contributed by atoms with Crippen LogP contribution in [-0.4, -0.2) is 22.7 Å². The van der Waals surface area contributed by atoms with Crippen molar-refractivity contribution in [2.75, 3.05) is 6.61 Å². The molecule has 1 aliphatic carbocycles. The molecule has 0 bridgehead atoms. The van der Waals surface area contributed by atoms with Crippen LogP contribution in [0.5, 0.6) is 0 Å². The van der Waals surface area contributed by atoms with Crippen molar-refractivity contribution in [1.82, 2.24) is 0 Å². The lowest BCUT2D eigenvalue weighted by Crippen LogP contribution is -2.42. The molecular formula is C11H17BrO3. The Bertz CT molecular complexity index is 242. The second-order valence-corrected chi connectivity index (χ2v) is 5.21. The first-order valence-corrected chi connectivity index (χ1v) is 6.30. The molecule has 0 amide bonds. The molecule has 1 fully saturated rings. The van der Waals surface area contributed by atoms with Gasteiger partial charge in [0.25, 0.3) is 0 Å². The van der Waals surface area contributed by atoms with E-state index < -0.39 is 10.3 Å². The molecule has 3 nitrogen and oxygen atoms in total. The van der Waals surface area contributed by atoms with E-state index in [1.807, 2.05) is 0 Å². The van der Waals surface area contributed by atoms with Crippen LogP contribution in [0, 0.1) is 0 Å². The molecule has 0 aromatic heterocycles. The fourth-order valence-corrected chi connectivity index (χ4v) is 2.40. The Kier molecular flexibility index (Phi) is 4.77. The largest absolute Gasteiger partial charge is 0.465 e. The number of hydrogen-bond donors (Lipinski definition) is 0. The van der Waals surface area contributed by atoms with Crippen LogP contribution in [0.2, 0.25) is 0 Å². The lowest BCUT2D eigenvalue weighted by molar-refractivity contribution is -0.149. The number of rotatable bonds is 2. The van der Waals surface area contributed by atoms with Gasteiger partial charge in [0.15, 0.2) is 10.1 Å². The van der Waals surface area contributed by atoms with Crippen molar-refractivity contribution in [3.63, 3.8) is 0 Å². The lowest BCUT2D eigenvalue weighted by Gasteiger charge is -2.25. The molecule has 86 valence electrons. The van der Waals surface area contributed by atoms with Gasteiger partial charge < -0.3 is 4.74 Å². The van der Waals surface area contributed by atoms with Gasteiger partial charge in [0, 0.05) is 6.42 Å². The number of ketones is 1. The second-order valence-electron chi connectivity index (χ2n) is 3.86. The third-order valence-electron chi connectivity index (χ3n) is 2.72. The zero-order chi connectivity index (χ0) is 11.3. The first-order valence-electron chi connectivity index (χ1n) is 5.50. The Morgan fingerprint density at radius 2 is 2.07 bits per heavy atom. The smallest absolute Gasteiger partial charge is 0.330 e. The number of carbonyl (C=O) groups excluding carboxylic acids is 2. The zero-order valence-corrected chi connectivity index (χ0v) is 10.6. The Hall–Kier alpha value is -0.380. The normalized spacial score (nSPS) is 28.0. The number of alkyl halides is 1. The fourth-order valence-electron chi connectivity index (χ4n) is 1.81. The summed E-state index contributed by atoms with van der Waals surface area (Å²) in [6.07, 6.45) is 4.98. The molecule has 1 atom stereocenters. The van der Waals surface area contributed by atoms with Crippen molar-refractivity contribution < 1.29 is 14.3 Å².